The molecule has 142 valence electrons. The summed E-state index contributed by atoms with van der Waals surface area (Å²) in [6, 6.07) is 14.0. The van der Waals surface area contributed by atoms with E-state index < -0.39 is 10.0 Å². The van der Waals surface area contributed by atoms with Crippen LogP contribution in [0.5, 0.6) is 0 Å². The quantitative estimate of drug-likeness (QED) is 0.753. The number of likely N-dealkylation sites (N-methyl/N-ethyl adjacent to an activating group) is 1. The molecule has 0 unspecified atom stereocenters. The maximum absolute atomic E-state index is 12.5. The summed E-state index contributed by atoms with van der Waals surface area (Å²) in [7, 11) is -3.85. The van der Waals surface area contributed by atoms with E-state index in [0.29, 0.717) is 24.3 Å². The first-order chi connectivity index (χ1) is 12.9. The zero-order chi connectivity index (χ0) is 19.4. The Hall–Kier alpha value is -2.71. The van der Waals surface area contributed by atoms with Gasteiger partial charge in [0.1, 0.15) is 0 Å². The van der Waals surface area contributed by atoms with Crippen molar-refractivity contribution in [2.45, 2.75) is 24.8 Å². The second kappa shape index (κ2) is 7.89. The van der Waals surface area contributed by atoms with E-state index in [1.54, 1.807) is 11.0 Å². The normalized spacial score (nSPS) is 13.1. The lowest BCUT2D eigenvalue weighted by Gasteiger charge is -2.21. The maximum Gasteiger partial charge on any atom is 0.241 e. The molecular weight excluding hydrogens is 366 g/mol. The first kappa shape index (κ1) is 19.1. The molecule has 2 aromatic rings. The summed E-state index contributed by atoms with van der Waals surface area (Å²) >= 11 is 0. The Labute approximate surface area is 158 Å². The van der Waals surface area contributed by atoms with E-state index >= 15 is 0 Å². The standard InChI is InChI=1S/C19H21N3O4S/c1-2-22(13-14-6-4-3-5-7-14)19(24)12-20-27(25,26)16-8-9-17-15(10-16)11-18(23)21-17/h3-10,20H,2,11-13H2,1H3,(H,21,23). The van der Waals surface area contributed by atoms with Crippen molar-refractivity contribution in [3.05, 3.63) is 59.7 Å². The van der Waals surface area contributed by atoms with Gasteiger partial charge in [-0.05, 0) is 36.2 Å². The first-order valence-corrected chi connectivity index (χ1v) is 10.1. The predicted molar refractivity (Wildman–Crippen MR) is 101 cm³/mol. The van der Waals surface area contributed by atoms with Crippen molar-refractivity contribution in [3.63, 3.8) is 0 Å². The fourth-order valence-electron chi connectivity index (χ4n) is 2.90. The van der Waals surface area contributed by atoms with E-state index in [4.69, 9.17) is 0 Å². The fraction of sp³-hybridized carbons (Fsp3) is 0.263. The van der Waals surface area contributed by atoms with E-state index in [9.17, 15) is 18.0 Å². The number of carbonyl (C=O) groups excluding carboxylic acids is 2. The third-order valence-corrected chi connectivity index (χ3v) is 5.78. The highest BCUT2D eigenvalue weighted by Gasteiger charge is 2.23. The molecule has 1 aliphatic rings. The molecule has 1 aliphatic heterocycles. The zero-order valence-corrected chi connectivity index (χ0v) is 15.8. The number of nitrogens with one attached hydrogen (secondary N) is 2. The summed E-state index contributed by atoms with van der Waals surface area (Å²) < 4.78 is 27.4. The predicted octanol–water partition coefficient (Wildman–Crippen LogP) is 1.51. The van der Waals surface area contributed by atoms with E-state index in [0.717, 1.165) is 5.56 Å². The molecule has 1 heterocycles. The van der Waals surface area contributed by atoms with Crippen molar-refractivity contribution in [1.29, 1.82) is 0 Å². The largest absolute Gasteiger partial charge is 0.338 e. The van der Waals surface area contributed by atoms with Gasteiger partial charge in [-0.1, -0.05) is 30.3 Å². The topological polar surface area (TPSA) is 95.6 Å². The highest BCUT2D eigenvalue weighted by atomic mass is 32.2. The van der Waals surface area contributed by atoms with E-state index in [2.05, 4.69) is 10.0 Å². The maximum atomic E-state index is 12.5. The van der Waals surface area contributed by atoms with Crippen LogP contribution in [0, 0.1) is 0 Å². The van der Waals surface area contributed by atoms with Crippen molar-refractivity contribution in [1.82, 2.24) is 9.62 Å². The summed E-state index contributed by atoms with van der Waals surface area (Å²) in [6.45, 7) is 2.42. The number of rotatable bonds is 7. The molecule has 2 aromatic carbocycles. The molecule has 0 atom stereocenters. The molecule has 0 aromatic heterocycles. The first-order valence-electron chi connectivity index (χ1n) is 8.63. The third-order valence-electron chi connectivity index (χ3n) is 4.38. The number of amides is 2. The zero-order valence-electron chi connectivity index (χ0n) is 14.9. The minimum absolute atomic E-state index is 0.0386. The number of anilines is 1. The average molecular weight is 387 g/mol. The molecule has 0 radical (unpaired) electrons. The molecule has 8 heteroatoms. The molecule has 0 bridgehead atoms. The van der Waals surface area contributed by atoms with Crippen LogP contribution < -0.4 is 10.0 Å². The van der Waals surface area contributed by atoms with Gasteiger partial charge in [0.15, 0.2) is 0 Å². The molecule has 0 saturated heterocycles. The van der Waals surface area contributed by atoms with E-state index in [1.807, 2.05) is 37.3 Å². The molecular formula is C19H21N3O4S. The van der Waals surface area contributed by atoms with Crippen molar-refractivity contribution < 1.29 is 18.0 Å². The third kappa shape index (κ3) is 4.53. The Morgan fingerprint density at radius 3 is 2.63 bits per heavy atom. The van der Waals surface area contributed by atoms with Crippen LogP contribution in [0.4, 0.5) is 5.69 Å². The van der Waals surface area contributed by atoms with Crippen LogP contribution in [0.25, 0.3) is 0 Å². The monoisotopic (exact) mass is 387 g/mol. The number of benzene rings is 2. The molecule has 7 nitrogen and oxygen atoms in total. The smallest absolute Gasteiger partial charge is 0.241 e. The number of carbonyl (C=O) groups is 2. The Balaban J connectivity index is 1.65. The fourth-order valence-corrected chi connectivity index (χ4v) is 3.93. The Bertz CT molecular complexity index is 958. The van der Waals surface area contributed by atoms with Crippen LogP contribution in [-0.2, 0) is 32.6 Å². The minimum Gasteiger partial charge on any atom is -0.338 e. The molecule has 3 rings (SSSR count). The number of nitrogens with zero attached hydrogens (tertiary/aromatic N) is 1. The second-order valence-corrected chi connectivity index (χ2v) is 8.03. The SMILES string of the molecule is CCN(Cc1ccccc1)C(=O)CNS(=O)(=O)c1ccc2c(c1)CC(=O)N2. The Morgan fingerprint density at radius 1 is 1.19 bits per heavy atom. The van der Waals surface area contributed by atoms with Gasteiger partial charge in [0.2, 0.25) is 21.8 Å². The summed E-state index contributed by atoms with van der Waals surface area (Å²) in [5, 5.41) is 2.66. The van der Waals surface area contributed by atoms with Crippen molar-refractivity contribution in [3.8, 4) is 0 Å². The minimum atomic E-state index is -3.85. The highest BCUT2D eigenvalue weighted by Crippen LogP contribution is 2.25. The summed E-state index contributed by atoms with van der Waals surface area (Å²) in [5.41, 5.74) is 2.23. The molecule has 2 amide bonds. The van der Waals surface area contributed by atoms with Gasteiger partial charge in [0.25, 0.3) is 0 Å². The van der Waals surface area contributed by atoms with Crippen molar-refractivity contribution in [2.75, 3.05) is 18.4 Å². The van der Waals surface area contributed by atoms with Gasteiger partial charge in [-0.25, -0.2) is 13.1 Å². The van der Waals surface area contributed by atoms with Crippen molar-refractivity contribution >= 4 is 27.5 Å². The summed E-state index contributed by atoms with van der Waals surface area (Å²) in [5.74, 6) is -0.467. The number of hydrogen-bond donors (Lipinski definition) is 2. The van der Waals surface area contributed by atoms with Gasteiger partial charge >= 0.3 is 0 Å². The van der Waals surface area contributed by atoms with Crippen LogP contribution in [0.15, 0.2) is 53.4 Å². The number of hydrogen-bond acceptors (Lipinski definition) is 4. The van der Waals surface area contributed by atoms with Gasteiger partial charge in [-0.15, -0.1) is 0 Å². The van der Waals surface area contributed by atoms with Crippen LogP contribution in [0.3, 0.4) is 0 Å². The van der Waals surface area contributed by atoms with Gasteiger partial charge in [-0.3, -0.25) is 9.59 Å². The van der Waals surface area contributed by atoms with Gasteiger partial charge in [-0.2, -0.15) is 0 Å². The second-order valence-electron chi connectivity index (χ2n) is 6.26. The molecule has 0 spiro atoms. The van der Waals surface area contributed by atoms with Crippen LogP contribution in [0.1, 0.15) is 18.1 Å². The highest BCUT2D eigenvalue weighted by molar-refractivity contribution is 7.89. The van der Waals surface area contributed by atoms with Crippen LogP contribution in [-0.4, -0.2) is 38.2 Å². The molecule has 0 aliphatic carbocycles. The lowest BCUT2D eigenvalue weighted by atomic mass is 10.2. The average Bonchev–Trinajstić information content (AvgIpc) is 3.04. The molecule has 0 fully saturated rings. The summed E-state index contributed by atoms with van der Waals surface area (Å²) in [6.07, 6.45) is 0.151. The van der Waals surface area contributed by atoms with Gasteiger partial charge < -0.3 is 10.2 Å². The van der Waals surface area contributed by atoms with Crippen LogP contribution >= 0.6 is 0 Å². The Morgan fingerprint density at radius 2 is 1.93 bits per heavy atom. The molecule has 27 heavy (non-hydrogen) atoms. The molecule has 0 saturated carbocycles. The molecule has 2 N–H and O–H groups in total. The summed E-state index contributed by atoms with van der Waals surface area (Å²) in [4.78, 5) is 25.5. The van der Waals surface area contributed by atoms with Gasteiger partial charge in [0, 0.05) is 18.8 Å². The lowest BCUT2D eigenvalue weighted by molar-refractivity contribution is -0.130. The lowest BCUT2D eigenvalue weighted by Crippen LogP contribution is -2.39. The van der Waals surface area contributed by atoms with Gasteiger partial charge in [0.05, 0.1) is 17.9 Å². The van der Waals surface area contributed by atoms with Crippen molar-refractivity contribution in [2.24, 2.45) is 0 Å². The Kier molecular flexibility index (Phi) is 5.57. The van der Waals surface area contributed by atoms with E-state index in [1.165, 1.54) is 12.1 Å². The van der Waals surface area contributed by atoms with E-state index in [-0.39, 0.29) is 29.7 Å². The van der Waals surface area contributed by atoms with Crippen LogP contribution in [0.2, 0.25) is 0 Å². The number of fused-ring (bicyclic) bond motifs is 1. The number of sulfonamides is 1.